The minimum Gasteiger partial charge on any atom is -0.384 e. The van der Waals surface area contributed by atoms with Gasteiger partial charge in [-0.1, -0.05) is 35.3 Å². The van der Waals surface area contributed by atoms with Crippen LogP contribution in [0.5, 0.6) is 0 Å². The molecule has 0 heterocycles. The van der Waals surface area contributed by atoms with E-state index >= 15 is 0 Å². The highest BCUT2D eigenvalue weighted by Gasteiger charge is 2.21. The second kappa shape index (κ2) is 4.58. The molecule has 0 amide bonds. The maximum Gasteiger partial charge on any atom is 0.105 e. The Bertz CT molecular complexity index is 554. The topological polar surface area (TPSA) is 20.2 Å². The van der Waals surface area contributed by atoms with Gasteiger partial charge in [0.2, 0.25) is 0 Å². The van der Waals surface area contributed by atoms with E-state index in [0.29, 0.717) is 10.0 Å². The Morgan fingerprint density at radius 1 is 0.833 bits per heavy atom. The molecule has 2 aromatic carbocycles. The second-order valence-corrected chi connectivity index (χ2v) is 5.46. The average molecular weight is 279 g/mol. The molecule has 3 rings (SSSR count). The van der Waals surface area contributed by atoms with Crippen LogP contribution in [0.4, 0.5) is 0 Å². The van der Waals surface area contributed by atoms with Gasteiger partial charge in [0, 0.05) is 10.0 Å². The van der Waals surface area contributed by atoms with Crippen LogP contribution in [-0.4, -0.2) is 5.11 Å². The normalized spacial score (nSPS) is 14.8. The molecular formula is C15H12Cl2O. The third kappa shape index (κ3) is 2.03. The maximum atomic E-state index is 10.5. The summed E-state index contributed by atoms with van der Waals surface area (Å²) >= 11 is 12.0. The minimum absolute atomic E-state index is 0.591. The molecule has 0 fully saturated rings. The summed E-state index contributed by atoms with van der Waals surface area (Å²) in [6, 6.07) is 11.3. The summed E-state index contributed by atoms with van der Waals surface area (Å²) in [5.41, 5.74) is 4.12. The molecule has 0 aliphatic heterocycles. The summed E-state index contributed by atoms with van der Waals surface area (Å²) in [4.78, 5) is 0. The molecule has 0 radical (unpaired) electrons. The number of rotatable bonds is 0. The number of hydrogen-bond donors (Lipinski definition) is 1. The molecule has 1 aliphatic rings. The maximum absolute atomic E-state index is 10.5. The summed E-state index contributed by atoms with van der Waals surface area (Å²) in [7, 11) is 0. The van der Waals surface area contributed by atoms with Crippen molar-refractivity contribution in [3.8, 4) is 0 Å². The molecule has 1 aliphatic carbocycles. The lowest BCUT2D eigenvalue weighted by Crippen LogP contribution is -2.02. The van der Waals surface area contributed by atoms with Crippen LogP contribution in [0.1, 0.15) is 28.4 Å². The van der Waals surface area contributed by atoms with Crippen LogP contribution in [0.3, 0.4) is 0 Å². The fourth-order valence-electron chi connectivity index (χ4n) is 2.55. The van der Waals surface area contributed by atoms with Gasteiger partial charge in [-0.05, 0) is 59.4 Å². The van der Waals surface area contributed by atoms with Crippen molar-refractivity contribution in [2.45, 2.75) is 18.9 Å². The van der Waals surface area contributed by atoms with Crippen molar-refractivity contribution in [2.24, 2.45) is 0 Å². The molecule has 2 aromatic rings. The highest BCUT2D eigenvalue weighted by molar-refractivity contribution is 6.31. The van der Waals surface area contributed by atoms with Gasteiger partial charge in [0.15, 0.2) is 0 Å². The van der Waals surface area contributed by atoms with Crippen LogP contribution >= 0.6 is 23.2 Å². The number of hydrogen-bond acceptors (Lipinski definition) is 1. The van der Waals surface area contributed by atoms with Gasteiger partial charge in [-0.15, -0.1) is 0 Å². The first-order chi connectivity index (χ1) is 8.65. The van der Waals surface area contributed by atoms with Crippen LogP contribution in [0.15, 0.2) is 36.4 Å². The third-order valence-electron chi connectivity index (χ3n) is 3.46. The summed E-state index contributed by atoms with van der Waals surface area (Å²) in [6.45, 7) is 0. The molecule has 0 aromatic heterocycles. The molecule has 0 saturated carbocycles. The molecule has 3 heteroatoms. The molecule has 0 saturated heterocycles. The standard InChI is InChI=1S/C15H12Cl2O/c16-11-3-5-13-9(7-11)1-2-10-8-12(17)4-6-14(10)15(13)18/h3-8,15,18H,1-2H2. The van der Waals surface area contributed by atoms with Crippen molar-refractivity contribution in [3.63, 3.8) is 0 Å². The second-order valence-electron chi connectivity index (χ2n) is 4.59. The predicted molar refractivity (Wildman–Crippen MR) is 74.4 cm³/mol. The Kier molecular flexibility index (Phi) is 3.06. The van der Waals surface area contributed by atoms with Gasteiger partial charge >= 0.3 is 0 Å². The zero-order valence-electron chi connectivity index (χ0n) is 9.66. The number of fused-ring (bicyclic) bond motifs is 2. The van der Waals surface area contributed by atoms with Gasteiger partial charge in [0.1, 0.15) is 6.10 Å². The quantitative estimate of drug-likeness (QED) is 0.767. The summed E-state index contributed by atoms with van der Waals surface area (Å²) in [5.74, 6) is 0. The van der Waals surface area contributed by atoms with Crippen LogP contribution in [0, 0.1) is 0 Å². The van der Waals surface area contributed by atoms with Crippen LogP contribution in [0.2, 0.25) is 10.0 Å². The van der Waals surface area contributed by atoms with Gasteiger partial charge in [0.25, 0.3) is 0 Å². The molecule has 92 valence electrons. The summed E-state index contributed by atoms with van der Waals surface area (Å²) in [6.07, 6.45) is 1.16. The summed E-state index contributed by atoms with van der Waals surface area (Å²) in [5, 5.41) is 11.9. The zero-order valence-corrected chi connectivity index (χ0v) is 11.2. The fourth-order valence-corrected chi connectivity index (χ4v) is 2.94. The lowest BCUT2D eigenvalue weighted by atomic mass is 9.97. The van der Waals surface area contributed by atoms with Gasteiger partial charge in [-0.25, -0.2) is 0 Å². The van der Waals surface area contributed by atoms with E-state index < -0.39 is 6.10 Å². The van der Waals surface area contributed by atoms with E-state index in [9.17, 15) is 5.11 Å². The predicted octanol–water partition coefficient (Wildman–Crippen LogP) is 4.17. The van der Waals surface area contributed by atoms with Gasteiger partial charge < -0.3 is 5.11 Å². The largest absolute Gasteiger partial charge is 0.384 e. The van der Waals surface area contributed by atoms with E-state index in [4.69, 9.17) is 23.2 Å². The molecular weight excluding hydrogens is 267 g/mol. The molecule has 1 nitrogen and oxygen atoms in total. The highest BCUT2D eigenvalue weighted by atomic mass is 35.5. The van der Waals surface area contributed by atoms with Crippen LogP contribution < -0.4 is 0 Å². The molecule has 0 unspecified atom stereocenters. The molecule has 0 bridgehead atoms. The van der Waals surface area contributed by atoms with Crippen molar-refractivity contribution >= 4 is 23.2 Å². The van der Waals surface area contributed by atoms with E-state index in [2.05, 4.69) is 0 Å². The number of halogens is 2. The van der Waals surface area contributed by atoms with Gasteiger partial charge in [-0.3, -0.25) is 0 Å². The van der Waals surface area contributed by atoms with Crippen molar-refractivity contribution in [2.75, 3.05) is 0 Å². The number of aliphatic hydroxyl groups excluding tert-OH is 1. The minimum atomic E-state index is -0.591. The number of aliphatic hydroxyl groups is 1. The molecule has 0 atom stereocenters. The molecule has 18 heavy (non-hydrogen) atoms. The van der Waals surface area contributed by atoms with E-state index in [1.807, 2.05) is 36.4 Å². The van der Waals surface area contributed by atoms with E-state index in [-0.39, 0.29) is 0 Å². The first kappa shape index (κ1) is 12.0. The van der Waals surface area contributed by atoms with Crippen LogP contribution in [-0.2, 0) is 12.8 Å². The smallest absolute Gasteiger partial charge is 0.105 e. The van der Waals surface area contributed by atoms with Crippen molar-refractivity contribution in [3.05, 3.63) is 68.7 Å². The monoisotopic (exact) mass is 278 g/mol. The Morgan fingerprint density at radius 2 is 1.28 bits per heavy atom. The molecule has 1 N–H and O–H groups in total. The van der Waals surface area contributed by atoms with Crippen molar-refractivity contribution in [1.29, 1.82) is 0 Å². The van der Waals surface area contributed by atoms with Gasteiger partial charge in [0.05, 0.1) is 0 Å². The van der Waals surface area contributed by atoms with E-state index in [0.717, 1.165) is 35.1 Å². The Balaban J connectivity index is 2.15. The van der Waals surface area contributed by atoms with Crippen molar-refractivity contribution in [1.82, 2.24) is 0 Å². The highest BCUT2D eigenvalue weighted by Crippen LogP contribution is 2.34. The summed E-state index contributed by atoms with van der Waals surface area (Å²) < 4.78 is 0. The fraction of sp³-hybridized carbons (Fsp3) is 0.200. The number of benzene rings is 2. The lowest BCUT2D eigenvalue weighted by Gasteiger charge is -2.14. The zero-order chi connectivity index (χ0) is 12.7. The van der Waals surface area contributed by atoms with E-state index in [1.54, 1.807) is 0 Å². The lowest BCUT2D eigenvalue weighted by molar-refractivity contribution is 0.219. The first-order valence-electron chi connectivity index (χ1n) is 5.90. The first-order valence-corrected chi connectivity index (χ1v) is 6.65. The van der Waals surface area contributed by atoms with Gasteiger partial charge in [-0.2, -0.15) is 0 Å². The Morgan fingerprint density at radius 3 is 1.72 bits per heavy atom. The molecule has 0 spiro atoms. The Hall–Kier alpha value is -1.02. The van der Waals surface area contributed by atoms with Crippen molar-refractivity contribution < 1.29 is 5.11 Å². The Labute approximate surface area is 116 Å². The number of aryl methyl sites for hydroxylation is 2. The van der Waals surface area contributed by atoms with E-state index in [1.165, 1.54) is 0 Å². The third-order valence-corrected chi connectivity index (χ3v) is 3.93. The average Bonchev–Trinajstić information content (AvgIpc) is 2.47. The van der Waals surface area contributed by atoms with Crippen LogP contribution in [0.25, 0.3) is 0 Å². The SMILES string of the molecule is OC1c2ccc(Cl)cc2CCc2cc(Cl)ccc21.